The summed E-state index contributed by atoms with van der Waals surface area (Å²) in [4.78, 5) is 37.2. The van der Waals surface area contributed by atoms with Gasteiger partial charge >= 0.3 is 11.9 Å². The number of rotatable bonds is 3. The molecule has 8 nitrogen and oxygen atoms in total. The summed E-state index contributed by atoms with van der Waals surface area (Å²) >= 11 is 0. The zero-order valence-electron chi connectivity index (χ0n) is 19.3. The van der Waals surface area contributed by atoms with Crippen molar-refractivity contribution in [2.45, 2.75) is 70.9 Å². The van der Waals surface area contributed by atoms with E-state index in [0.717, 1.165) is 0 Å². The molecule has 2 saturated carbocycles. The number of esters is 2. The highest BCUT2D eigenvalue weighted by Gasteiger charge is 2.87. The van der Waals surface area contributed by atoms with E-state index in [4.69, 9.17) is 9.47 Å². The first-order valence-corrected chi connectivity index (χ1v) is 11.0. The lowest BCUT2D eigenvalue weighted by atomic mass is 9.59. The van der Waals surface area contributed by atoms with Crippen LogP contribution in [0.1, 0.15) is 48.0 Å². The molecule has 4 rings (SSSR count). The van der Waals surface area contributed by atoms with Gasteiger partial charge in [0.05, 0.1) is 12.2 Å². The molecule has 0 saturated heterocycles. The molecular weight excluding hydrogens is 416 g/mol. The molecule has 0 bridgehead atoms. The first-order chi connectivity index (χ1) is 14.7. The number of carbonyl (C=O) groups excluding carboxylic acids is 3. The fraction of sp³-hybridized carbons (Fsp3) is 0.708. The van der Waals surface area contributed by atoms with Crippen molar-refractivity contribution in [3.05, 3.63) is 23.3 Å². The predicted molar refractivity (Wildman–Crippen MR) is 112 cm³/mol. The summed E-state index contributed by atoms with van der Waals surface area (Å²) in [5, 5.41) is 33.9. The summed E-state index contributed by atoms with van der Waals surface area (Å²) in [6, 6.07) is 0. The minimum atomic E-state index is -1.92. The molecule has 0 radical (unpaired) electrons. The lowest BCUT2D eigenvalue weighted by molar-refractivity contribution is -0.227. The Hall–Kier alpha value is -2.03. The molecule has 176 valence electrons. The van der Waals surface area contributed by atoms with Crippen LogP contribution < -0.4 is 0 Å². The van der Waals surface area contributed by atoms with Gasteiger partial charge in [-0.2, -0.15) is 0 Å². The van der Waals surface area contributed by atoms with Gasteiger partial charge in [-0.15, -0.1) is 0 Å². The third-order valence-corrected chi connectivity index (χ3v) is 8.56. The molecule has 0 aromatic carbocycles. The van der Waals surface area contributed by atoms with Gasteiger partial charge in [0.15, 0.2) is 11.4 Å². The summed E-state index contributed by atoms with van der Waals surface area (Å²) in [7, 11) is 0. The SMILES string of the molecule is CC(=O)O[C@@H]1[C@@H](C)[C@@]2(O)C(C=C(CO)C[C@]3(O)C(=O)C(C)=CC23)C2C(C)(C)[C@@]21OC(C)=O. The van der Waals surface area contributed by atoms with Crippen molar-refractivity contribution in [2.24, 2.45) is 29.1 Å². The average molecular weight is 449 g/mol. The molecule has 8 heteroatoms. The smallest absolute Gasteiger partial charge is 0.303 e. The third kappa shape index (κ3) is 2.57. The van der Waals surface area contributed by atoms with E-state index in [2.05, 4.69) is 0 Å². The van der Waals surface area contributed by atoms with Gasteiger partial charge in [-0.1, -0.05) is 32.9 Å². The summed E-state index contributed by atoms with van der Waals surface area (Å²) in [6.45, 7) is 9.23. The molecule has 2 fully saturated rings. The van der Waals surface area contributed by atoms with Gasteiger partial charge in [-0.25, -0.2) is 0 Å². The van der Waals surface area contributed by atoms with E-state index in [1.54, 1.807) is 26.0 Å². The number of Topliss-reactive ketones (excluding diaryl/α,β-unsaturated/α-hetero) is 1. The predicted octanol–water partition coefficient (Wildman–Crippen LogP) is 1.07. The number of aliphatic hydroxyl groups excluding tert-OH is 1. The van der Waals surface area contributed by atoms with Crippen molar-refractivity contribution in [1.29, 1.82) is 0 Å². The summed E-state index contributed by atoms with van der Waals surface area (Å²) < 4.78 is 11.6. The van der Waals surface area contributed by atoms with Gasteiger partial charge in [0, 0.05) is 49.4 Å². The molecule has 4 aliphatic carbocycles. The third-order valence-electron chi connectivity index (χ3n) is 8.56. The highest BCUT2D eigenvalue weighted by molar-refractivity contribution is 6.04. The monoisotopic (exact) mass is 448 g/mol. The van der Waals surface area contributed by atoms with E-state index < -0.39 is 69.7 Å². The fourth-order valence-corrected chi connectivity index (χ4v) is 7.24. The van der Waals surface area contributed by atoms with Crippen molar-refractivity contribution < 1.29 is 39.2 Å². The minimum Gasteiger partial charge on any atom is -0.458 e. The van der Waals surface area contributed by atoms with Gasteiger partial charge in [0.1, 0.15) is 11.7 Å². The second-order valence-electron chi connectivity index (χ2n) is 10.6. The highest BCUT2D eigenvalue weighted by Crippen LogP contribution is 2.77. The normalized spacial score (nSPS) is 46.0. The van der Waals surface area contributed by atoms with Crippen molar-refractivity contribution in [3.63, 3.8) is 0 Å². The Balaban J connectivity index is 1.97. The van der Waals surface area contributed by atoms with Crippen LogP contribution in [0, 0.1) is 29.1 Å². The number of ether oxygens (including phenoxy) is 2. The fourth-order valence-electron chi connectivity index (χ4n) is 7.24. The van der Waals surface area contributed by atoms with E-state index in [9.17, 15) is 29.7 Å². The first-order valence-electron chi connectivity index (χ1n) is 11.0. The van der Waals surface area contributed by atoms with Crippen LogP contribution in [0.3, 0.4) is 0 Å². The van der Waals surface area contributed by atoms with Gasteiger partial charge in [-0.3, -0.25) is 14.4 Å². The largest absolute Gasteiger partial charge is 0.458 e. The second-order valence-corrected chi connectivity index (χ2v) is 10.6. The molecule has 0 amide bonds. The van der Waals surface area contributed by atoms with Crippen LogP contribution in [0.15, 0.2) is 23.3 Å². The Kier molecular flexibility index (Phi) is 4.88. The molecule has 0 spiro atoms. The minimum absolute atomic E-state index is 0.113. The number of hydrogen-bond donors (Lipinski definition) is 3. The maximum atomic E-state index is 13.0. The van der Waals surface area contributed by atoms with Crippen molar-refractivity contribution >= 4 is 17.7 Å². The van der Waals surface area contributed by atoms with Gasteiger partial charge in [-0.05, 0) is 18.1 Å². The van der Waals surface area contributed by atoms with Crippen LogP contribution in [-0.2, 0) is 23.9 Å². The van der Waals surface area contributed by atoms with Gasteiger partial charge < -0.3 is 24.8 Å². The summed E-state index contributed by atoms with van der Waals surface area (Å²) in [6.07, 6.45) is 2.23. The second kappa shape index (κ2) is 6.74. The number of fused-ring (bicyclic) bond motifs is 5. The topological polar surface area (TPSA) is 130 Å². The van der Waals surface area contributed by atoms with E-state index in [-0.39, 0.29) is 13.0 Å². The van der Waals surface area contributed by atoms with E-state index >= 15 is 0 Å². The Morgan fingerprint density at radius 1 is 1.16 bits per heavy atom. The molecule has 3 N–H and O–H groups in total. The molecule has 0 aromatic heterocycles. The molecule has 4 aliphatic rings. The Morgan fingerprint density at radius 2 is 1.78 bits per heavy atom. The van der Waals surface area contributed by atoms with Crippen molar-refractivity contribution in [2.75, 3.05) is 6.61 Å². The van der Waals surface area contributed by atoms with Crippen LogP contribution in [0.4, 0.5) is 0 Å². The number of carbonyl (C=O) groups is 3. The van der Waals surface area contributed by atoms with Gasteiger partial charge in [0.25, 0.3) is 0 Å². The number of hydrogen-bond acceptors (Lipinski definition) is 8. The molecule has 0 heterocycles. The first kappa shape index (κ1) is 23.1. The maximum Gasteiger partial charge on any atom is 0.303 e. The van der Waals surface area contributed by atoms with E-state index in [1.807, 2.05) is 13.8 Å². The van der Waals surface area contributed by atoms with E-state index in [0.29, 0.717) is 11.1 Å². The standard InChI is InChI=1S/C24H32O8/c1-11-7-17-22(29,19(11)28)9-15(10-25)8-16-18-21(5,6)24(18,32-14(4)27)20(31-13(3)26)12(2)23(16,17)30/h7-8,12,16-18,20,25,29-30H,9-10H2,1-6H3/t12-,16?,17?,18?,20-,22-,23-,24-/m1/s1. The van der Waals surface area contributed by atoms with Crippen LogP contribution in [-0.4, -0.2) is 62.6 Å². The van der Waals surface area contributed by atoms with Crippen molar-refractivity contribution in [1.82, 2.24) is 0 Å². The Morgan fingerprint density at radius 3 is 2.31 bits per heavy atom. The van der Waals surface area contributed by atoms with Crippen LogP contribution in [0.5, 0.6) is 0 Å². The zero-order valence-corrected chi connectivity index (χ0v) is 19.3. The van der Waals surface area contributed by atoms with Crippen molar-refractivity contribution in [3.8, 4) is 0 Å². The molecule has 3 unspecified atom stereocenters. The molecule has 8 atom stereocenters. The summed E-state index contributed by atoms with van der Waals surface area (Å²) in [5.74, 6) is -4.49. The van der Waals surface area contributed by atoms with Crippen LogP contribution >= 0.6 is 0 Å². The Labute approximate surface area is 187 Å². The zero-order chi connectivity index (χ0) is 24.0. The molecule has 0 aliphatic heterocycles. The van der Waals surface area contributed by atoms with Crippen LogP contribution in [0.2, 0.25) is 0 Å². The highest BCUT2D eigenvalue weighted by atomic mass is 16.6. The molecular formula is C24H32O8. The maximum absolute atomic E-state index is 13.0. The Bertz CT molecular complexity index is 963. The van der Waals surface area contributed by atoms with E-state index in [1.165, 1.54) is 13.8 Å². The lowest BCUT2D eigenvalue weighted by Crippen LogP contribution is -2.66. The quantitative estimate of drug-likeness (QED) is 0.432. The molecule has 0 aromatic rings. The van der Waals surface area contributed by atoms with Crippen LogP contribution in [0.25, 0.3) is 0 Å². The number of aliphatic hydroxyl groups is 3. The average Bonchev–Trinajstić information content (AvgIpc) is 3.10. The summed E-state index contributed by atoms with van der Waals surface area (Å²) in [5.41, 5.74) is -4.69. The molecule has 32 heavy (non-hydrogen) atoms. The van der Waals surface area contributed by atoms with Gasteiger partial charge in [0.2, 0.25) is 0 Å². The number of ketones is 1. The lowest BCUT2D eigenvalue weighted by Gasteiger charge is -2.53.